The molecule has 1 unspecified atom stereocenters. The number of rotatable bonds is 14. The standard InChI is InChI=1S/C17H33NO5.K/c1-3-4-5-6-7-8-9-10-17(2,16(22)23)15(21)18(11-13-19)12-14-20;/h19-20H,3-14H2,1-2H3,(H,22,23);/q;+1/p-1. The number of carbonyl (C=O) groups excluding carboxylic acids is 2. The quantitative estimate of drug-likeness (QED) is 0.204. The first-order valence-electron chi connectivity index (χ1n) is 8.66. The minimum Gasteiger partial charge on any atom is -0.549 e. The summed E-state index contributed by atoms with van der Waals surface area (Å²) in [7, 11) is 0. The van der Waals surface area contributed by atoms with Crippen LogP contribution in [0, 0.1) is 5.41 Å². The van der Waals surface area contributed by atoms with E-state index >= 15 is 0 Å². The number of carboxylic acids is 1. The van der Waals surface area contributed by atoms with Crippen molar-refractivity contribution in [3.05, 3.63) is 0 Å². The average Bonchev–Trinajstić information content (AvgIpc) is 2.52. The normalized spacial score (nSPS) is 13.0. The summed E-state index contributed by atoms with van der Waals surface area (Å²) in [6.07, 6.45) is 7.51. The van der Waals surface area contributed by atoms with Crippen LogP contribution in [0.15, 0.2) is 0 Å². The Hall–Kier alpha value is 0.496. The maximum Gasteiger partial charge on any atom is 1.00 e. The fraction of sp³-hybridized carbons (Fsp3) is 0.882. The molecule has 0 aliphatic rings. The van der Waals surface area contributed by atoms with Gasteiger partial charge in [0.2, 0.25) is 5.91 Å². The minimum atomic E-state index is -1.60. The molecule has 0 aliphatic heterocycles. The molecule has 0 heterocycles. The minimum absolute atomic E-state index is 0. The molecule has 0 spiro atoms. The smallest absolute Gasteiger partial charge is 0.549 e. The van der Waals surface area contributed by atoms with Gasteiger partial charge in [0.1, 0.15) is 0 Å². The third-order valence-electron chi connectivity index (χ3n) is 4.23. The summed E-state index contributed by atoms with van der Waals surface area (Å²) < 4.78 is 0. The monoisotopic (exact) mass is 369 g/mol. The van der Waals surface area contributed by atoms with Gasteiger partial charge < -0.3 is 25.0 Å². The van der Waals surface area contributed by atoms with E-state index < -0.39 is 17.3 Å². The van der Waals surface area contributed by atoms with E-state index in [1.54, 1.807) is 0 Å². The van der Waals surface area contributed by atoms with Gasteiger partial charge in [0.25, 0.3) is 0 Å². The van der Waals surface area contributed by atoms with E-state index in [4.69, 9.17) is 10.2 Å². The molecule has 2 N–H and O–H groups in total. The Morgan fingerprint density at radius 2 is 1.42 bits per heavy atom. The number of carboxylic acid groups (broad SMARTS) is 1. The first-order valence-corrected chi connectivity index (χ1v) is 8.66. The number of hydrogen-bond acceptors (Lipinski definition) is 5. The summed E-state index contributed by atoms with van der Waals surface area (Å²) >= 11 is 0. The molecule has 0 aliphatic carbocycles. The summed E-state index contributed by atoms with van der Waals surface area (Å²) in [6.45, 7) is 3.02. The predicted octanol–water partition coefficient (Wildman–Crippen LogP) is -2.30. The second-order valence-electron chi connectivity index (χ2n) is 6.23. The number of aliphatic carboxylic acids is 1. The molecule has 0 aromatic rings. The number of aliphatic hydroxyl groups is 2. The van der Waals surface area contributed by atoms with E-state index in [1.165, 1.54) is 31.1 Å². The molecule has 0 saturated heterocycles. The van der Waals surface area contributed by atoms with Crippen molar-refractivity contribution < 1.29 is 76.3 Å². The average molecular weight is 370 g/mol. The van der Waals surface area contributed by atoms with Crippen LogP contribution in [-0.2, 0) is 9.59 Å². The van der Waals surface area contributed by atoms with Crippen LogP contribution in [0.1, 0.15) is 65.2 Å². The molecule has 6 nitrogen and oxygen atoms in total. The Morgan fingerprint density at radius 1 is 0.958 bits per heavy atom. The third-order valence-corrected chi connectivity index (χ3v) is 4.23. The fourth-order valence-corrected chi connectivity index (χ4v) is 2.64. The number of carbonyl (C=O) groups is 2. The molecular weight excluding hydrogens is 337 g/mol. The van der Waals surface area contributed by atoms with E-state index in [9.17, 15) is 14.7 Å². The van der Waals surface area contributed by atoms with Crippen LogP contribution in [0.2, 0.25) is 0 Å². The summed E-state index contributed by atoms with van der Waals surface area (Å²) in [5.41, 5.74) is -1.60. The van der Waals surface area contributed by atoms with E-state index in [0.717, 1.165) is 19.3 Å². The number of amides is 1. The van der Waals surface area contributed by atoms with Crippen molar-refractivity contribution in [1.82, 2.24) is 4.90 Å². The van der Waals surface area contributed by atoms with E-state index in [2.05, 4.69) is 6.92 Å². The largest absolute Gasteiger partial charge is 1.00 e. The summed E-state index contributed by atoms with van der Waals surface area (Å²) in [6, 6.07) is 0. The Bertz CT molecular complexity index is 348. The van der Waals surface area contributed by atoms with Crippen LogP contribution in [-0.4, -0.2) is 53.3 Å². The zero-order chi connectivity index (χ0) is 17.7. The summed E-state index contributed by atoms with van der Waals surface area (Å²) in [5, 5.41) is 29.5. The molecule has 0 radical (unpaired) electrons. The topological polar surface area (TPSA) is 101 Å². The molecule has 7 heteroatoms. The Labute approximate surface area is 188 Å². The second kappa shape index (κ2) is 15.7. The molecule has 0 bridgehead atoms. The van der Waals surface area contributed by atoms with Crippen molar-refractivity contribution >= 4 is 11.9 Å². The van der Waals surface area contributed by atoms with Crippen LogP contribution >= 0.6 is 0 Å². The number of hydrogen-bond donors (Lipinski definition) is 2. The van der Waals surface area contributed by atoms with Gasteiger partial charge in [-0.15, -0.1) is 0 Å². The molecule has 0 aromatic heterocycles. The fourth-order valence-electron chi connectivity index (χ4n) is 2.64. The van der Waals surface area contributed by atoms with Gasteiger partial charge in [-0.25, -0.2) is 0 Å². The van der Waals surface area contributed by atoms with Crippen molar-refractivity contribution in [2.75, 3.05) is 26.3 Å². The van der Waals surface area contributed by atoms with Crippen LogP contribution in [0.4, 0.5) is 0 Å². The molecule has 0 fully saturated rings. The van der Waals surface area contributed by atoms with Gasteiger partial charge in [0.05, 0.1) is 24.6 Å². The number of nitrogens with zero attached hydrogens (tertiary/aromatic N) is 1. The van der Waals surface area contributed by atoms with Crippen molar-refractivity contribution in [2.24, 2.45) is 5.41 Å². The third kappa shape index (κ3) is 9.84. The van der Waals surface area contributed by atoms with Crippen molar-refractivity contribution in [3.63, 3.8) is 0 Å². The number of unbranched alkanes of at least 4 members (excludes halogenated alkanes) is 6. The van der Waals surface area contributed by atoms with Crippen LogP contribution in [0.3, 0.4) is 0 Å². The maximum absolute atomic E-state index is 12.5. The second-order valence-corrected chi connectivity index (χ2v) is 6.23. The van der Waals surface area contributed by atoms with Crippen LogP contribution in [0.25, 0.3) is 0 Å². The SMILES string of the molecule is CCCCCCCCCC(C)(C(=O)[O-])C(=O)N(CCO)CCO.[K+]. The van der Waals surface area contributed by atoms with Crippen LogP contribution in [0.5, 0.6) is 0 Å². The van der Waals surface area contributed by atoms with E-state index in [1.807, 2.05) is 0 Å². The molecular formula is C17H32KNO5. The molecule has 136 valence electrons. The van der Waals surface area contributed by atoms with Gasteiger partial charge in [-0.2, -0.15) is 0 Å². The first-order chi connectivity index (χ1) is 10.9. The molecule has 0 aromatic carbocycles. The molecule has 1 atom stereocenters. The van der Waals surface area contributed by atoms with Gasteiger partial charge >= 0.3 is 51.4 Å². The van der Waals surface area contributed by atoms with E-state index in [-0.39, 0.29) is 84.1 Å². The molecule has 0 rings (SSSR count). The first kappa shape index (κ1) is 26.7. The molecule has 0 saturated carbocycles. The van der Waals surface area contributed by atoms with Crippen molar-refractivity contribution in [2.45, 2.75) is 65.2 Å². The van der Waals surface area contributed by atoms with E-state index in [0.29, 0.717) is 6.42 Å². The molecule has 24 heavy (non-hydrogen) atoms. The summed E-state index contributed by atoms with van der Waals surface area (Å²) in [5.74, 6) is -1.99. The zero-order valence-electron chi connectivity index (χ0n) is 15.6. The predicted molar refractivity (Wildman–Crippen MR) is 86.5 cm³/mol. The zero-order valence-corrected chi connectivity index (χ0v) is 18.7. The number of aliphatic hydroxyl groups excluding tert-OH is 2. The Balaban J connectivity index is 0. The Morgan fingerprint density at radius 3 is 1.83 bits per heavy atom. The van der Waals surface area contributed by atoms with Gasteiger partial charge in [-0.1, -0.05) is 51.9 Å². The van der Waals surface area contributed by atoms with Gasteiger partial charge in [0.15, 0.2) is 0 Å². The van der Waals surface area contributed by atoms with Crippen LogP contribution < -0.4 is 56.5 Å². The van der Waals surface area contributed by atoms with Crippen molar-refractivity contribution in [1.29, 1.82) is 0 Å². The van der Waals surface area contributed by atoms with Gasteiger partial charge in [-0.3, -0.25) is 4.79 Å². The summed E-state index contributed by atoms with van der Waals surface area (Å²) in [4.78, 5) is 25.2. The maximum atomic E-state index is 12.5. The van der Waals surface area contributed by atoms with Gasteiger partial charge in [-0.05, 0) is 13.3 Å². The Kier molecular flexibility index (Phi) is 17.5. The molecule has 1 amide bonds. The van der Waals surface area contributed by atoms with Crippen molar-refractivity contribution in [3.8, 4) is 0 Å². The van der Waals surface area contributed by atoms with Gasteiger partial charge in [0, 0.05) is 13.1 Å².